The third-order valence-corrected chi connectivity index (χ3v) is 3.21. The number of ether oxygens (including phenoxy) is 1. The first kappa shape index (κ1) is 16.5. The van der Waals surface area contributed by atoms with Gasteiger partial charge in [-0.25, -0.2) is 0 Å². The van der Waals surface area contributed by atoms with E-state index in [0.717, 1.165) is 24.1 Å². The minimum absolute atomic E-state index is 0.0849. The normalized spacial score (nSPS) is 12.0. The van der Waals surface area contributed by atoms with Gasteiger partial charge in [0.1, 0.15) is 0 Å². The van der Waals surface area contributed by atoms with E-state index in [-0.39, 0.29) is 11.9 Å². The summed E-state index contributed by atoms with van der Waals surface area (Å²) in [6, 6.07) is 5.84. The Kier molecular flexibility index (Phi) is 7.04. The molecular formula is C15H25N3O2. The fourth-order valence-corrected chi connectivity index (χ4v) is 2.05. The number of rotatable bonds is 8. The largest absolute Gasteiger partial charge is 0.383 e. The lowest BCUT2D eigenvalue weighted by Gasteiger charge is -2.20. The number of carbonyl (C=O) groups is 1. The van der Waals surface area contributed by atoms with E-state index in [0.29, 0.717) is 18.7 Å². The average Bonchev–Trinajstić information content (AvgIpc) is 2.46. The zero-order valence-corrected chi connectivity index (χ0v) is 12.5. The standard InChI is InChI=1S/C15H25N3O2/c1-11-6-7-12(15(19)17-2)9-14(11)18-13(10-20-3)5-4-8-16/h6-7,9,13,18H,4-5,8,10,16H2,1-3H3,(H,17,19). The molecule has 0 spiro atoms. The van der Waals surface area contributed by atoms with Crippen molar-refractivity contribution in [2.45, 2.75) is 25.8 Å². The molecule has 1 aromatic carbocycles. The quantitative estimate of drug-likeness (QED) is 0.674. The second kappa shape index (κ2) is 8.55. The maximum atomic E-state index is 11.7. The summed E-state index contributed by atoms with van der Waals surface area (Å²) in [7, 11) is 3.31. The molecule has 0 radical (unpaired) electrons. The van der Waals surface area contributed by atoms with E-state index in [9.17, 15) is 4.79 Å². The lowest BCUT2D eigenvalue weighted by molar-refractivity contribution is 0.0963. The molecule has 0 saturated carbocycles. The first-order valence-corrected chi connectivity index (χ1v) is 6.90. The van der Waals surface area contributed by atoms with Gasteiger partial charge < -0.3 is 21.1 Å². The van der Waals surface area contributed by atoms with Crippen molar-refractivity contribution in [3.63, 3.8) is 0 Å². The topological polar surface area (TPSA) is 76.4 Å². The van der Waals surface area contributed by atoms with Crippen molar-refractivity contribution in [3.05, 3.63) is 29.3 Å². The fraction of sp³-hybridized carbons (Fsp3) is 0.533. The maximum Gasteiger partial charge on any atom is 0.251 e. The Labute approximate surface area is 120 Å². The van der Waals surface area contributed by atoms with Gasteiger partial charge in [0.2, 0.25) is 0 Å². The number of methoxy groups -OCH3 is 1. The fourth-order valence-electron chi connectivity index (χ4n) is 2.05. The predicted molar refractivity (Wildman–Crippen MR) is 82.1 cm³/mol. The zero-order chi connectivity index (χ0) is 15.0. The number of anilines is 1. The van der Waals surface area contributed by atoms with Gasteiger partial charge in [-0.15, -0.1) is 0 Å². The van der Waals surface area contributed by atoms with Crippen molar-refractivity contribution in [1.82, 2.24) is 5.32 Å². The molecule has 5 heteroatoms. The highest BCUT2D eigenvalue weighted by molar-refractivity contribution is 5.95. The molecule has 0 bridgehead atoms. The minimum atomic E-state index is -0.0849. The second-order valence-corrected chi connectivity index (χ2v) is 4.84. The maximum absolute atomic E-state index is 11.7. The smallest absolute Gasteiger partial charge is 0.251 e. The van der Waals surface area contributed by atoms with Crippen LogP contribution in [-0.2, 0) is 4.74 Å². The van der Waals surface area contributed by atoms with Crippen LogP contribution < -0.4 is 16.4 Å². The van der Waals surface area contributed by atoms with Crippen molar-refractivity contribution in [2.75, 3.05) is 32.6 Å². The monoisotopic (exact) mass is 279 g/mol. The lowest BCUT2D eigenvalue weighted by Crippen LogP contribution is -2.26. The highest BCUT2D eigenvalue weighted by atomic mass is 16.5. The predicted octanol–water partition coefficient (Wildman–Crippen LogP) is 1.52. The molecule has 0 heterocycles. The highest BCUT2D eigenvalue weighted by Crippen LogP contribution is 2.19. The number of hydrogen-bond acceptors (Lipinski definition) is 4. The Morgan fingerprint density at radius 1 is 1.45 bits per heavy atom. The Morgan fingerprint density at radius 3 is 2.80 bits per heavy atom. The van der Waals surface area contributed by atoms with Gasteiger partial charge in [-0.3, -0.25) is 4.79 Å². The molecule has 1 unspecified atom stereocenters. The van der Waals surface area contributed by atoms with E-state index in [4.69, 9.17) is 10.5 Å². The Balaban J connectivity index is 2.84. The van der Waals surface area contributed by atoms with Crippen LogP contribution in [0, 0.1) is 6.92 Å². The minimum Gasteiger partial charge on any atom is -0.383 e. The molecule has 0 aliphatic rings. The number of nitrogens with two attached hydrogens (primary N) is 1. The van der Waals surface area contributed by atoms with E-state index in [1.807, 2.05) is 25.1 Å². The summed E-state index contributed by atoms with van der Waals surface area (Å²) in [4.78, 5) is 11.7. The summed E-state index contributed by atoms with van der Waals surface area (Å²) in [5, 5.41) is 6.07. The third kappa shape index (κ3) is 4.83. The molecule has 0 saturated heterocycles. The van der Waals surface area contributed by atoms with Gasteiger partial charge in [0, 0.05) is 31.5 Å². The molecule has 0 aromatic heterocycles. The van der Waals surface area contributed by atoms with Gasteiger partial charge in [-0.2, -0.15) is 0 Å². The summed E-state index contributed by atoms with van der Waals surface area (Å²) < 4.78 is 5.23. The van der Waals surface area contributed by atoms with Crippen LogP contribution in [0.2, 0.25) is 0 Å². The van der Waals surface area contributed by atoms with Crippen LogP contribution in [0.15, 0.2) is 18.2 Å². The van der Waals surface area contributed by atoms with E-state index in [1.165, 1.54) is 0 Å². The van der Waals surface area contributed by atoms with E-state index in [2.05, 4.69) is 10.6 Å². The van der Waals surface area contributed by atoms with E-state index < -0.39 is 0 Å². The summed E-state index contributed by atoms with van der Waals surface area (Å²) in [6.45, 7) is 3.30. The van der Waals surface area contributed by atoms with Crippen molar-refractivity contribution < 1.29 is 9.53 Å². The SMILES string of the molecule is CNC(=O)c1ccc(C)c(NC(CCCN)COC)c1. The van der Waals surface area contributed by atoms with Crippen molar-refractivity contribution in [1.29, 1.82) is 0 Å². The van der Waals surface area contributed by atoms with Gasteiger partial charge >= 0.3 is 0 Å². The molecule has 1 atom stereocenters. The molecule has 1 rings (SSSR count). The number of aryl methyl sites for hydroxylation is 1. The second-order valence-electron chi connectivity index (χ2n) is 4.84. The lowest BCUT2D eigenvalue weighted by atomic mass is 10.1. The molecule has 4 N–H and O–H groups in total. The Morgan fingerprint density at radius 2 is 2.20 bits per heavy atom. The number of benzene rings is 1. The third-order valence-electron chi connectivity index (χ3n) is 3.21. The average molecular weight is 279 g/mol. The molecular weight excluding hydrogens is 254 g/mol. The summed E-state index contributed by atoms with van der Waals surface area (Å²) in [5.41, 5.74) is 8.27. The van der Waals surface area contributed by atoms with E-state index >= 15 is 0 Å². The molecule has 0 fully saturated rings. The van der Waals surface area contributed by atoms with Crippen molar-refractivity contribution in [3.8, 4) is 0 Å². The van der Waals surface area contributed by atoms with Gasteiger partial charge in [-0.1, -0.05) is 6.07 Å². The van der Waals surface area contributed by atoms with Crippen molar-refractivity contribution in [2.24, 2.45) is 5.73 Å². The van der Waals surface area contributed by atoms with Crippen LogP contribution in [0.5, 0.6) is 0 Å². The van der Waals surface area contributed by atoms with Crippen LogP contribution in [0.25, 0.3) is 0 Å². The van der Waals surface area contributed by atoms with Crippen LogP contribution in [0.1, 0.15) is 28.8 Å². The van der Waals surface area contributed by atoms with Crippen LogP contribution in [0.4, 0.5) is 5.69 Å². The van der Waals surface area contributed by atoms with E-state index in [1.54, 1.807) is 14.2 Å². The zero-order valence-electron chi connectivity index (χ0n) is 12.5. The molecule has 112 valence electrons. The highest BCUT2D eigenvalue weighted by Gasteiger charge is 2.11. The Bertz CT molecular complexity index is 435. The number of amides is 1. The molecule has 1 aromatic rings. The number of carbonyl (C=O) groups excluding carboxylic acids is 1. The number of nitrogens with one attached hydrogen (secondary N) is 2. The van der Waals surface area contributed by atoms with Gasteiger partial charge in [0.05, 0.1) is 6.61 Å². The molecule has 5 nitrogen and oxygen atoms in total. The molecule has 1 amide bonds. The van der Waals surface area contributed by atoms with Crippen molar-refractivity contribution >= 4 is 11.6 Å². The summed E-state index contributed by atoms with van der Waals surface area (Å²) in [5.74, 6) is -0.0849. The summed E-state index contributed by atoms with van der Waals surface area (Å²) in [6.07, 6.45) is 1.88. The molecule has 20 heavy (non-hydrogen) atoms. The molecule has 0 aliphatic carbocycles. The van der Waals surface area contributed by atoms with Gasteiger partial charge in [-0.05, 0) is 44.0 Å². The van der Waals surface area contributed by atoms with Gasteiger partial charge in [0.25, 0.3) is 5.91 Å². The van der Waals surface area contributed by atoms with Gasteiger partial charge in [0.15, 0.2) is 0 Å². The first-order valence-electron chi connectivity index (χ1n) is 6.90. The summed E-state index contributed by atoms with van der Waals surface area (Å²) >= 11 is 0. The Hall–Kier alpha value is -1.59. The first-order chi connectivity index (χ1) is 9.62. The molecule has 0 aliphatic heterocycles. The van der Waals surface area contributed by atoms with Crippen LogP contribution >= 0.6 is 0 Å². The van der Waals surface area contributed by atoms with Crippen LogP contribution in [-0.4, -0.2) is 39.3 Å². The van der Waals surface area contributed by atoms with Crippen LogP contribution in [0.3, 0.4) is 0 Å². The number of hydrogen-bond donors (Lipinski definition) is 3.